The van der Waals surface area contributed by atoms with E-state index in [0.717, 1.165) is 36.3 Å². The van der Waals surface area contributed by atoms with Gasteiger partial charge in [-0.1, -0.05) is 52.3 Å². The Labute approximate surface area is 122 Å². The number of ether oxygens (including phenoxy) is 1. The molecule has 0 spiro atoms. The molecule has 0 radical (unpaired) electrons. The molecule has 2 rings (SSSR count). The van der Waals surface area contributed by atoms with Gasteiger partial charge in [-0.15, -0.1) is 0 Å². The first kappa shape index (κ1) is 14.1. The first-order valence-corrected chi connectivity index (χ1v) is 7.27. The molecule has 0 fully saturated rings. The van der Waals surface area contributed by atoms with Gasteiger partial charge in [0, 0.05) is 11.0 Å². The largest absolute Gasteiger partial charge is 0.494 e. The molecule has 2 aromatic rings. The monoisotopic (exact) mass is 319 g/mol. The van der Waals surface area contributed by atoms with Crippen LogP contribution >= 0.6 is 15.9 Å². The van der Waals surface area contributed by atoms with Crippen LogP contribution in [0.3, 0.4) is 0 Å². The third-order valence-electron chi connectivity index (χ3n) is 2.78. The lowest BCUT2D eigenvalue weighted by Gasteiger charge is -2.08. The van der Waals surface area contributed by atoms with Crippen LogP contribution in [0.2, 0.25) is 0 Å². The molecular weight excluding hydrogens is 302 g/mol. The standard InChI is InChI=1S/C16H18BrNO/c17-16-10-5-4-7-14(16)13-18-11-6-12-19-15-8-2-1-3-9-15/h1-5,7-10,18H,6,11-13H2. The van der Waals surface area contributed by atoms with Crippen molar-refractivity contribution in [2.45, 2.75) is 13.0 Å². The lowest BCUT2D eigenvalue weighted by molar-refractivity contribution is 0.308. The summed E-state index contributed by atoms with van der Waals surface area (Å²) in [5.74, 6) is 0.938. The van der Waals surface area contributed by atoms with E-state index in [-0.39, 0.29) is 0 Å². The summed E-state index contributed by atoms with van der Waals surface area (Å²) in [5.41, 5.74) is 1.28. The first-order chi connectivity index (χ1) is 9.36. The van der Waals surface area contributed by atoms with Crippen molar-refractivity contribution in [2.75, 3.05) is 13.2 Å². The van der Waals surface area contributed by atoms with Crippen molar-refractivity contribution in [1.29, 1.82) is 0 Å². The van der Waals surface area contributed by atoms with E-state index in [4.69, 9.17) is 4.74 Å². The topological polar surface area (TPSA) is 21.3 Å². The molecule has 100 valence electrons. The predicted octanol–water partition coefficient (Wildman–Crippen LogP) is 4.01. The third-order valence-corrected chi connectivity index (χ3v) is 3.56. The highest BCUT2D eigenvalue weighted by atomic mass is 79.9. The quantitative estimate of drug-likeness (QED) is 0.779. The summed E-state index contributed by atoms with van der Waals surface area (Å²) in [7, 11) is 0. The fourth-order valence-corrected chi connectivity index (χ4v) is 2.19. The van der Waals surface area contributed by atoms with Gasteiger partial charge in [0.05, 0.1) is 6.61 Å². The lowest BCUT2D eigenvalue weighted by Crippen LogP contribution is -2.17. The van der Waals surface area contributed by atoms with Gasteiger partial charge in [-0.2, -0.15) is 0 Å². The van der Waals surface area contributed by atoms with Crippen LogP contribution in [0.25, 0.3) is 0 Å². The number of halogens is 1. The van der Waals surface area contributed by atoms with Crippen LogP contribution in [0, 0.1) is 0 Å². The molecule has 0 aromatic heterocycles. The minimum atomic E-state index is 0.743. The molecule has 0 amide bonds. The molecule has 0 aliphatic rings. The molecule has 2 nitrogen and oxygen atoms in total. The van der Waals surface area contributed by atoms with Gasteiger partial charge in [-0.3, -0.25) is 0 Å². The van der Waals surface area contributed by atoms with Crippen LogP contribution in [0.1, 0.15) is 12.0 Å². The molecule has 0 saturated carbocycles. The van der Waals surface area contributed by atoms with E-state index in [1.165, 1.54) is 5.56 Å². The van der Waals surface area contributed by atoms with E-state index in [2.05, 4.69) is 39.4 Å². The number of rotatable bonds is 7. The molecule has 0 heterocycles. The number of nitrogens with one attached hydrogen (secondary N) is 1. The summed E-state index contributed by atoms with van der Waals surface area (Å²) in [6.07, 6.45) is 0.999. The van der Waals surface area contributed by atoms with Crippen LogP contribution < -0.4 is 10.1 Å². The maximum atomic E-state index is 5.63. The zero-order valence-electron chi connectivity index (χ0n) is 10.8. The van der Waals surface area contributed by atoms with E-state index in [1.807, 2.05) is 36.4 Å². The van der Waals surface area contributed by atoms with Gasteiger partial charge in [0.1, 0.15) is 5.75 Å². The Bertz CT molecular complexity index is 487. The zero-order valence-corrected chi connectivity index (χ0v) is 12.4. The van der Waals surface area contributed by atoms with Crippen molar-refractivity contribution < 1.29 is 4.74 Å². The Morgan fingerprint density at radius 3 is 2.47 bits per heavy atom. The Kier molecular flexibility index (Phi) is 5.92. The highest BCUT2D eigenvalue weighted by Crippen LogP contribution is 2.15. The molecule has 0 saturated heterocycles. The fraction of sp³-hybridized carbons (Fsp3) is 0.250. The second-order valence-corrected chi connectivity index (χ2v) is 5.14. The highest BCUT2D eigenvalue weighted by Gasteiger charge is 1.97. The van der Waals surface area contributed by atoms with Crippen LogP contribution in [0.4, 0.5) is 0 Å². The molecule has 0 aliphatic carbocycles. The summed E-state index contributed by atoms with van der Waals surface area (Å²) >= 11 is 3.55. The summed E-state index contributed by atoms with van der Waals surface area (Å²) in [5, 5.41) is 3.42. The normalized spacial score (nSPS) is 10.4. The van der Waals surface area contributed by atoms with Crippen LogP contribution in [0.15, 0.2) is 59.1 Å². The van der Waals surface area contributed by atoms with Crippen molar-refractivity contribution in [2.24, 2.45) is 0 Å². The van der Waals surface area contributed by atoms with Crippen molar-refractivity contribution in [3.05, 3.63) is 64.6 Å². The highest BCUT2D eigenvalue weighted by molar-refractivity contribution is 9.10. The van der Waals surface area contributed by atoms with Gasteiger partial charge < -0.3 is 10.1 Å². The van der Waals surface area contributed by atoms with Crippen molar-refractivity contribution in [3.8, 4) is 5.75 Å². The minimum absolute atomic E-state index is 0.743. The van der Waals surface area contributed by atoms with Gasteiger partial charge >= 0.3 is 0 Å². The van der Waals surface area contributed by atoms with Gasteiger partial charge in [-0.05, 0) is 36.7 Å². The summed E-state index contributed by atoms with van der Waals surface area (Å²) in [6, 6.07) is 18.2. The number of hydrogen-bond donors (Lipinski definition) is 1. The fourth-order valence-electron chi connectivity index (χ4n) is 1.77. The number of benzene rings is 2. The molecule has 0 unspecified atom stereocenters. The lowest BCUT2D eigenvalue weighted by atomic mass is 10.2. The molecule has 0 aliphatic heterocycles. The maximum absolute atomic E-state index is 5.63. The van der Waals surface area contributed by atoms with Crippen molar-refractivity contribution >= 4 is 15.9 Å². The molecule has 19 heavy (non-hydrogen) atoms. The molecule has 0 atom stereocenters. The Morgan fingerprint density at radius 2 is 1.68 bits per heavy atom. The second kappa shape index (κ2) is 7.97. The summed E-state index contributed by atoms with van der Waals surface area (Å²) in [6.45, 7) is 2.58. The minimum Gasteiger partial charge on any atom is -0.494 e. The average molecular weight is 320 g/mol. The molecule has 2 aromatic carbocycles. The van der Waals surface area contributed by atoms with Gasteiger partial charge in [0.2, 0.25) is 0 Å². The van der Waals surface area contributed by atoms with E-state index < -0.39 is 0 Å². The molecule has 1 N–H and O–H groups in total. The van der Waals surface area contributed by atoms with Crippen molar-refractivity contribution in [3.63, 3.8) is 0 Å². The molecule has 0 bridgehead atoms. The molecular formula is C16H18BrNO. The van der Waals surface area contributed by atoms with Crippen molar-refractivity contribution in [1.82, 2.24) is 5.32 Å². The van der Waals surface area contributed by atoms with E-state index >= 15 is 0 Å². The Morgan fingerprint density at radius 1 is 0.947 bits per heavy atom. The van der Waals surface area contributed by atoms with Gasteiger partial charge in [0.15, 0.2) is 0 Å². The van der Waals surface area contributed by atoms with Gasteiger partial charge in [-0.25, -0.2) is 0 Å². The van der Waals surface area contributed by atoms with Gasteiger partial charge in [0.25, 0.3) is 0 Å². The van der Waals surface area contributed by atoms with E-state index in [0.29, 0.717) is 0 Å². The van der Waals surface area contributed by atoms with Crippen LogP contribution in [0.5, 0.6) is 5.75 Å². The Balaban J connectivity index is 1.59. The number of hydrogen-bond acceptors (Lipinski definition) is 2. The van der Waals surface area contributed by atoms with Crippen LogP contribution in [-0.2, 0) is 6.54 Å². The maximum Gasteiger partial charge on any atom is 0.119 e. The summed E-state index contributed by atoms with van der Waals surface area (Å²) in [4.78, 5) is 0. The smallest absolute Gasteiger partial charge is 0.119 e. The van der Waals surface area contributed by atoms with E-state index in [1.54, 1.807) is 0 Å². The number of para-hydroxylation sites is 1. The SMILES string of the molecule is Brc1ccccc1CNCCCOc1ccccc1. The second-order valence-electron chi connectivity index (χ2n) is 4.28. The third kappa shape index (κ3) is 5.05. The predicted molar refractivity (Wildman–Crippen MR) is 82.4 cm³/mol. The van der Waals surface area contributed by atoms with Crippen LogP contribution in [-0.4, -0.2) is 13.2 Å². The summed E-state index contributed by atoms with van der Waals surface area (Å²) < 4.78 is 6.79. The average Bonchev–Trinajstić information content (AvgIpc) is 2.45. The first-order valence-electron chi connectivity index (χ1n) is 6.48. The van der Waals surface area contributed by atoms with E-state index in [9.17, 15) is 0 Å². The molecule has 3 heteroatoms. The Hall–Kier alpha value is -1.32. The zero-order chi connectivity index (χ0) is 13.3.